The number of nitrogens with zero attached hydrogens (tertiary/aromatic N) is 5. The molecular weight excluding hydrogens is 654 g/mol. The van der Waals surface area contributed by atoms with Gasteiger partial charge in [0.1, 0.15) is 36.3 Å². The Bertz CT molecular complexity index is 1410. The first-order valence-corrected chi connectivity index (χ1v) is 17.6. The largest absolute Gasteiger partial charge is 0.482 e. The maximum Gasteiger partial charge on any atom is 0.482 e. The average Bonchev–Trinajstić information content (AvgIpc) is 3.48. The average molecular weight is 689 g/mol. The number of phosphoric ester groups is 1. The normalized spacial score (nSPS) is 36.8. The zero-order chi connectivity index (χ0) is 32.0. The van der Waals surface area contributed by atoms with Gasteiger partial charge in [0.15, 0.2) is 24.0 Å². The fraction of sp³-hybridized carbons (Fsp3) is 0.762. The maximum absolute atomic E-state index is 12.9. The number of nitrogen functional groups attached to an aromatic ring is 1. The summed E-state index contributed by atoms with van der Waals surface area (Å²) in [6.07, 6.45) is -9.28. The first-order valence-electron chi connectivity index (χ1n) is 13.4. The number of aliphatic hydroxyl groups excluding tert-OH is 6. The summed E-state index contributed by atoms with van der Waals surface area (Å²) >= 11 is 3.72. The molecule has 0 aliphatic carbocycles. The molecule has 44 heavy (non-hydrogen) atoms. The summed E-state index contributed by atoms with van der Waals surface area (Å²) in [5.41, 5.74) is 6.56. The van der Waals surface area contributed by atoms with E-state index in [9.17, 15) is 39.6 Å². The molecule has 5 rings (SSSR count). The molecule has 3 fully saturated rings. The molecule has 9 N–H and O–H groups in total. The highest BCUT2D eigenvalue weighted by Gasteiger charge is 2.51. The molecule has 248 valence electrons. The molecule has 3 aliphatic heterocycles. The van der Waals surface area contributed by atoms with Gasteiger partial charge in [-0.05, 0) is 19.5 Å². The van der Waals surface area contributed by atoms with E-state index in [0.29, 0.717) is 24.3 Å². The third kappa shape index (κ3) is 6.98. The van der Waals surface area contributed by atoms with Crippen molar-refractivity contribution in [3.05, 3.63) is 12.7 Å². The van der Waals surface area contributed by atoms with Crippen LogP contribution < -0.4 is 5.73 Å². The fourth-order valence-corrected chi connectivity index (χ4v) is 8.45. The second-order valence-electron chi connectivity index (χ2n) is 10.5. The molecule has 2 aromatic heterocycles. The van der Waals surface area contributed by atoms with Crippen molar-refractivity contribution in [3.63, 3.8) is 0 Å². The Balaban J connectivity index is 1.24. The first-order chi connectivity index (χ1) is 20.7. The van der Waals surface area contributed by atoms with E-state index >= 15 is 0 Å². The third-order valence-corrected chi connectivity index (χ3v) is 11.3. The highest BCUT2D eigenvalue weighted by Crippen LogP contribution is 2.66. The second kappa shape index (κ2) is 13.4. The summed E-state index contributed by atoms with van der Waals surface area (Å²) in [5.74, 6) is -1.16. The van der Waals surface area contributed by atoms with Crippen LogP contribution in [0.5, 0.6) is 0 Å². The number of rotatable bonds is 11. The number of likely N-dealkylation sites (tertiary alicyclic amines) is 1. The van der Waals surface area contributed by atoms with Crippen LogP contribution in [0.1, 0.15) is 12.6 Å². The number of thiol groups is 1. The molecule has 0 spiro atoms. The molecule has 3 saturated heterocycles. The van der Waals surface area contributed by atoms with E-state index in [4.69, 9.17) is 29.4 Å². The highest BCUT2D eigenvalue weighted by atomic mass is 32.7. The quantitative estimate of drug-likeness (QED) is 0.0859. The van der Waals surface area contributed by atoms with Crippen LogP contribution >= 0.6 is 26.9 Å². The molecule has 2 aromatic rings. The molecule has 20 nitrogen and oxygen atoms in total. The van der Waals surface area contributed by atoms with E-state index in [2.05, 4.69) is 31.5 Å². The number of nitrogens with two attached hydrogens (primary N) is 1. The predicted molar refractivity (Wildman–Crippen MR) is 149 cm³/mol. The van der Waals surface area contributed by atoms with Gasteiger partial charge in [-0.25, -0.2) is 24.1 Å². The van der Waals surface area contributed by atoms with Gasteiger partial charge in [0, 0.05) is 5.92 Å². The molecule has 0 saturated carbocycles. The summed E-state index contributed by atoms with van der Waals surface area (Å²) in [5, 5.41) is 60.9. The number of hydrogen-bond acceptors (Lipinski definition) is 18. The Morgan fingerprint density at radius 3 is 2.50 bits per heavy atom. The third-order valence-electron chi connectivity index (χ3n) is 7.71. The highest BCUT2D eigenvalue weighted by molar-refractivity contribution is 8.45. The van der Waals surface area contributed by atoms with Gasteiger partial charge in [-0.3, -0.25) is 18.5 Å². The zero-order valence-electron chi connectivity index (χ0n) is 22.8. The van der Waals surface area contributed by atoms with Gasteiger partial charge in [-0.1, -0.05) is 12.2 Å². The van der Waals surface area contributed by atoms with Crippen LogP contribution in [0.2, 0.25) is 0 Å². The first kappa shape index (κ1) is 34.0. The van der Waals surface area contributed by atoms with E-state index < -0.39 is 95.5 Å². The van der Waals surface area contributed by atoms with Crippen molar-refractivity contribution in [2.75, 3.05) is 38.6 Å². The molecular formula is C21H34N6O14P2S. The van der Waals surface area contributed by atoms with Crippen molar-refractivity contribution in [1.29, 1.82) is 0 Å². The number of imidazole rings is 1. The van der Waals surface area contributed by atoms with Gasteiger partial charge in [-0.15, -0.1) is 0 Å². The number of aliphatic hydroxyl groups is 6. The van der Waals surface area contributed by atoms with Gasteiger partial charge in [-0.2, -0.15) is 4.31 Å². The molecule has 0 bridgehead atoms. The summed E-state index contributed by atoms with van der Waals surface area (Å²) in [6, 6.07) is -0.609. The summed E-state index contributed by atoms with van der Waals surface area (Å²) in [4.78, 5) is 24.6. The molecule has 0 aromatic carbocycles. The molecule has 0 amide bonds. The molecule has 7 unspecified atom stereocenters. The standard InChI is InChI=1S/C21H34N6O14P2S/c22-18-12-19(24-7-23-18)27(8-25-12)20-13(26-2-1-3-26)15(31)11(39-20)6-38-43(36,44)41-42(34,35)40-21-17(33)16(32)14(30)9(5-37-21)10(29)4-28/h7-11,13-17,20-21,28-33H,1-6H2,(H,34,35)(H,36,44)(H2,22,23,24)/t9?,10-,11+,13+,14?,15+,16?,17?,20+,21?,43?/m0/s1. The van der Waals surface area contributed by atoms with Crippen molar-refractivity contribution < 1.29 is 67.5 Å². The Hall–Kier alpha value is -1.36. The number of anilines is 1. The van der Waals surface area contributed by atoms with Gasteiger partial charge in [0.2, 0.25) is 0 Å². The Labute approximate surface area is 254 Å². The van der Waals surface area contributed by atoms with E-state index in [1.165, 1.54) is 12.7 Å². The molecule has 23 heteroatoms. The van der Waals surface area contributed by atoms with Crippen LogP contribution in [0.4, 0.5) is 5.82 Å². The van der Waals surface area contributed by atoms with E-state index in [1.807, 2.05) is 4.90 Å². The lowest BCUT2D eigenvalue weighted by Gasteiger charge is -2.39. The SMILES string of the molecule is Nc1ncnc2c1ncn2[C@@H]1O[C@H](COP(=O)(S)OP(=O)(O)OC2OCC([C@@H](O)CO)C(O)C(O)C2O)[C@@H](O)[C@H]1N1CCC1. The monoisotopic (exact) mass is 688 g/mol. The van der Waals surface area contributed by atoms with Crippen molar-refractivity contribution in [2.45, 2.75) is 61.6 Å². The van der Waals surface area contributed by atoms with Crippen LogP contribution in [-0.2, 0) is 32.0 Å². The van der Waals surface area contributed by atoms with Gasteiger partial charge in [0.25, 0.3) is 0 Å². The zero-order valence-corrected chi connectivity index (χ0v) is 25.5. The Morgan fingerprint density at radius 2 is 1.84 bits per heavy atom. The number of ether oxygens (including phenoxy) is 2. The minimum absolute atomic E-state index is 0.145. The van der Waals surface area contributed by atoms with Crippen molar-refractivity contribution in [1.82, 2.24) is 24.4 Å². The lowest BCUT2D eigenvalue weighted by molar-refractivity contribution is -0.173. The number of aromatic nitrogens is 4. The molecule has 0 radical (unpaired) electrons. The van der Waals surface area contributed by atoms with Crippen molar-refractivity contribution in [3.8, 4) is 0 Å². The number of fused-ring (bicyclic) bond motifs is 1. The van der Waals surface area contributed by atoms with E-state index in [0.717, 1.165) is 6.42 Å². The fourth-order valence-electron chi connectivity index (χ4n) is 5.25. The summed E-state index contributed by atoms with van der Waals surface area (Å²) in [7, 11) is -5.42. The lowest BCUT2D eigenvalue weighted by atomic mass is 9.92. The Kier molecular flexibility index (Phi) is 10.4. The number of phosphoric acid groups is 1. The number of hydrogen-bond donors (Lipinski definition) is 9. The predicted octanol–water partition coefficient (Wildman–Crippen LogP) is -2.66. The Morgan fingerprint density at radius 1 is 1.11 bits per heavy atom. The van der Waals surface area contributed by atoms with E-state index in [1.54, 1.807) is 4.57 Å². The maximum atomic E-state index is 12.9. The van der Waals surface area contributed by atoms with Crippen molar-refractivity contribution in [2.24, 2.45) is 5.92 Å². The molecule has 5 heterocycles. The van der Waals surface area contributed by atoms with Crippen LogP contribution in [0.25, 0.3) is 11.2 Å². The van der Waals surface area contributed by atoms with Crippen molar-refractivity contribution >= 4 is 43.9 Å². The smallest absolute Gasteiger partial charge is 0.394 e. The lowest BCUT2D eigenvalue weighted by Crippen LogP contribution is -2.53. The van der Waals surface area contributed by atoms with Gasteiger partial charge >= 0.3 is 14.6 Å². The van der Waals surface area contributed by atoms with Gasteiger partial charge < -0.3 is 50.7 Å². The summed E-state index contributed by atoms with van der Waals surface area (Å²) in [6.45, 7) is -5.48. The van der Waals surface area contributed by atoms with Crippen LogP contribution in [0.3, 0.4) is 0 Å². The minimum Gasteiger partial charge on any atom is -0.394 e. The van der Waals surface area contributed by atoms with Gasteiger partial charge in [0.05, 0.1) is 44.4 Å². The molecule has 12 atom stereocenters. The van der Waals surface area contributed by atoms with Crippen LogP contribution in [0.15, 0.2) is 12.7 Å². The second-order valence-corrected chi connectivity index (χ2v) is 15.0. The van der Waals surface area contributed by atoms with Crippen LogP contribution in [0, 0.1) is 5.92 Å². The topological polar surface area (TPSA) is 295 Å². The minimum atomic E-state index is -5.42. The molecule has 3 aliphatic rings. The van der Waals surface area contributed by atoms with Crippen LogP contribution in [-0.4, -0.2) is 142 Å². The van der Waals surface area contributed by atoms with E-state index in [-0.39, 0.29) is 5.82 Å². The summed E-state index contributed by atoms with van der Waals surface area (Å²) < 4.78 is 52.9.